The highest BCUT2D eigenvalue weighted by molar-refractivity contribution is 6.03. The first-order valence-electron chi connectivity index (χ1n) is 9.52. The summed E-state index contributed by atoms with van der Waals surface area (Å²) >= 11 is 0. The van der Waals surface area contributed by atoms with Gasteiger partial charge in [0.1, 0.15) is 11.5 Å². The Morgan fingerprint density at radius 2 is 1.70 bits per heavy atom. The molecule has 1 aliphatic rings. The largest absolute Gasteiger partial charge is 0.512 e. The van der Waals surface area contributed by atoms with Gasteiger partial charge in [-0.15, -0.1) is 0 Å². The minimum atomic E-state index is -3.63. The highest BCUT2D eigenvalue weighted by Crippen LogP contribution is 2.37. The molecule has 33 heavy (non-hydrogen) atoms. The number of benzene rings is 2. The summed E-state index contributed by atoms with van der Waals surface area (Å²) in [4.78, 5) is 23.2. The number of carboxylic acids is 1. The average molecular weight is 474 g/mol. The van der Waals surface area contributed by atoms with Crippen molar-refractivity contribution in [3.05, 3.63) is 64.4 Å². The molecule has 0 aliphatic heterocycles. The van der Waals surface area contributed by atoms with Gasteiger partial charge in [0.25, 0.3) is 0 Å². The summed E-state index contributed by atoms with van der Waals surface area (Å²) in [5.74, 6) is -12.7. The molecule has 2 aromatic rings. The van der Waals surface area contributed by atoms with Crippen LogP contribution in [0.1, 0.15) is 25.3 Å². The summed E-state index contributed by atoms with van der Waals surface area (Å²) in [6, 6.07) is 3.88. The van der Waals surface area contributed by atoms with Gasteiger partial charge in [0.2, 0.25) is 0 Å². The monoisotopic (exact) mass is 474 g/mol. The number of halogens is 6. The number of aliphatic carboxylic acids is 1. The van der Waals surface area contributed by atoms with E-state index in [-0.39, 0.29) is 12.8 Å². The summed E-state index contributed by atoms with van der Waals surface area (Å²) in [6.07, 6.45) is -5.18. The molecular weight excluding hydrogens is 458 g/mol. The molecule has 176 valence electrons. The fourth-order valence-electron chi connectivity index (χ4n) is 3.63. The molecule has 0 amide bonds. The molecule has 11 heteroatoms. The first kappa shape index (κ1) is 24.1. The average Bonchev–Trinajstić information content (AvgIpc) is 3.11. The van der Waals surface area contributed by atoms with E-state index in [1.165, 1.54) is 0 Å². The molecule has 0 heterocycles. The van der Waals surface area contributed by atoms with Gasteiger partial charge >= 0.3 is 12.1 Å². The molecule has 0 bridgehead atoms. The zero-order chi connectivity index (χ0) is 24.7. The molecule has 1 saturated carbocycles. The van der Waals surface area contributed by atoms with Crippen LogP contribution in [0.3, 0.4) is 0 Å². The number of carbonyl (C=O) groups is 2. The predicted octanol–water partition coefficient (Wildman–Crippen LogP) is 5.32. The maximum absolute atomic E-state index is 14.7. The van der Waals surface area contributed by atoms with E-state index in [2.05, 4.69) is 4.74 Å². The van der Waals surface area contributed by atoms with Crippen LogP contribution in [0, 0.1) is 29.2 Å². The number of ketones is 1. The first-order valence-corrected chi connectivity index (χ1v) is 9.52. The number of alkyl halides is 2. The SMILES string of the molecule is CC(F)(F)Oc1cccc(-c2c(F)c(F)c(CC(O)=C3C(=O)CCC3C(=O)O)c(F)c2F)c1. The van der Waals surface area contributed by atoms with Gasteiger partial charge in [0, 0.05) is 30.9 Å². The summed E-state index contributed by atoms with van der Waals surface area (Å²) in [6.45, 7) is 0.417. The van der Waals surface area contributed by atoms with Gasteiger partial charge in [0.05, 0.1) is 11.5 Å². The van der Waals surface area contributed by atoms with Crippen molar-refractivity contribution in [1.29, 1.82) is 0 Å². The molecule has 0 saturated heterocycles. The zero-order valence-electron chi connectivity index (χ0n) is 16.9. The quantitative estimate of drug-likeness (QED) is 0.256. The molecule has 1 aliphatic carbocycles. The number of rotatable bonds is 6. The Labute approximate surface area is 182 Å². The lowest BCUT2D eigenvalue weighted by Crippen LogP contribution is -2.19. The van der Waals surface area contributed by atoms with E-state index in [1.807, 2.05) is 0 Å². The Kier molecular flexibility index (Phi) is 6.44. The highest BCUT2D eigenvalue weighted by Gasteiger charge is 2.37. The number of hydrogen-bond donors (Lipinski definition) is 2. The molecule has 0 spiro atoms. The van der Waals surface area contributed by atoms with E-state index in [4.69, 9.17) is 5.11 Å². The number of aliphatic hydroxyl groups is 1. The van der Waals surface area contributed by atoms with E-state index < -0.39 is 87.2 Å². The third-order valence-corrected chi connectivity index (χ3v) is 5.04. The van der Waals surface area contributed by atoms with Crippen molar-refractivity contribution < 1.29 is 50.9 Å². The van der Waals surface area contributed by atoms with Crippen LogP contribution in [0.25, 0.3) is 11.1 Å². The highest BCUT2D eigenvalue weighted by atomic mass is 19.3. The third-order valence-electron chi connectivity index (χ3n) is 5.04. The predicted molar refractivity (Wildman–Crippen MR) is 102 cm³/mol. The van der Waals surface area contributed by atoms with Crippen molar-refractivity contribution in [1.82, 2.24) is 0 Å². The molecule has 0 radical (unpaired) electrons. The lowest BCUT2D eigenvalue weighted by atomic mass is 9.95. The number of ether oxygens (including phenoxy) is 1. The number of carboxylic acid groups (broad SMARTS) is 1. The Morgan fingerprint density at radius 3 is 2.24 bits per heavy atom. The summed E-state index contributed by atoms with van der Waals surface area (Å²) < 4.78 is 89.3. The maximum atomic E-state index is 14.7. The van der Waals surface area contributed by atoms with Crippen LogP contribution in [0.4, 0.5) is 26.3 Å². The molecule has 2 N–H and O–H groups in total. The van der Waals surface area contributed by atoms with Gasteiger partial charge in [-0.2, -0.15) is 8.78 Å². The summed E-state index contributed by atoms with van der Waals surface area (Å²) in [5, 5.41) is 19.3. The van der Waals surface area contributed by atoms with E-state index in [0.29, 0.717) is 6.92 Å². The standard InChI is InChI=1S/C22H16F6O5/c1-22(27,28)33-10-4-2-3-9(7-10)15-19(25)17(23)12(18(24)20(15)26)8-14(30)16-11(21(31)32)5-6-13(16)29/h2-4,7,11,30H,5-6,8H2,1H3,(H,31,32). The second-order valence-corrected chi connectivity index (χ2v) is 7.44. The van der Waals surface area contributed by atoms with Gasteiger partial charge in [-0.3, -0.25) is 9.59 Å². The van der Waals surface area contributed by atoms with E-state index in [1.54, 1.807) is 0 Å². The van der Waals surface area contributed by atoms with Crippen LogP contribution in [0.2, 0.25) is 0 Å². The maximum Gasteiger partial charge on any atom is 0.394 e. The molecule has 1 atom stereocenters. The van der Waals surface area contributed by atoms with Gasteiger partial charge in [-0.1, -0.05) is 12.1 Å². The zero-order valence-corrected chi connectivity index (χ0v) is 16.9. The van der Waals surface area contributed by atoms with Crippen LogP contribution in [0.5, 0.6) is 5.75 Å². The Balaban J connectivity index is 2.07. The third kappa shape index (κ3) is 4.81. The normalized spacial score (nSPS) is 17.9. The Bertz CT molecular complexity index is 1140. The van der Waals surface area contributed by atoms with Crippen LogP contribution < -0.4 is 4.74 Å². The van der Waals surface area contributed by atoms with Crippen molar-refractivity contribution in [2.45, 2.75) is 32.3 Å². The second kappa shape index (κ2) is 8.80. The molecular formula is C22H16F6O5. The Morgan fingerprint density at radius 1 is 1.09 bits per heavy atom. The fraction of sp³-hybridized carbons (Fsp3) is 0.273. The molecule has 1 unspecified atom stereocenters. The smallest absolute Gasteiger partial charge is 0.394 e. The van der Waals surface area contributed by atoms with Crippen molar-refractivity contribution in [2.75, 3.05) is 0 Å². The molecule has 2 aromatic carbocycles. The summed E-state index contributed by atoms with van der Waals surface area (Å²) in [7, 11) is 0. The van der Waals surface area contributed by atoms with E-state index in [0.717, 1.165) is 24.3 Å². The van der Waals surface area contributed by atoms with Gasteiger partial charge < -0.3 is 14.9 Å². The number of Topliss-reactive ketones (excluding diaryl/α,β-unsaturated/α-hetero) is 1. The number of carbonyl (C=O) groups excluding carboxylic acids is 1. The lowest BCUT2D eigenvalue weighted by Gasteiger charge is -2.16. The molecule has 1 fully saturated rings. The van der Waals surface area contributed by atoms with Crippen molar-refractivity contribution in [2.24, 2.45) is 5.92 Å². The van der Waals surface area contributed by atoms with Crippen LogP contribution in [-0.4, -0.2) is 28.1 Å². The van der Waals surface area contributed by atoms with Crippen LogP contribution in [0.15, 0.2) is 35.6 Å². The van der Waals surface area contributed by atoms with Crippen molar-refractivity contribution in [3.8, 4) is 16.9 Å². The molecule has 0 aromatic heterocycles. The fourth-order valence-corrected chi connectivity index (χ4v) is 3.63. The van der Waals surface area contributed by atoms with E-state index in [9.17, 15) is 41.0 Å². The first-order chi connectivity index (χ1) is 15.3. The second-order valence-electron chi connectivity index (χ2n) is 7.44. The minimum absolute atomic E-state index is 0.143. The molecule has 3 rings (SSSR count). The lowest BCUT2D eigenvalue weighted by molar-refractivity contribution is -0.159. The molecule has 5 nitrogen and oxygen atoms in total. The van der Waals surface area contributed by atoms with Crippen LogP contribution in [-0.2, 0) is 16.0 Å². The summed E-state index contributed by atoms with van der Waals surface area (Å²) in [5.41, 5.74) is -3.56. The van der Waals surface area contributed by atoms with Crippen molar-refractivity contribution in [3.63, 3.8) is 0 Å². The number of hydrogen-bond acceptors (Lipinski definition) is 4. The minimum Gasteiger partial charge on any atom is -0.512 e. The van der Waals surface area contributed by atoms with E-state index >= 15 is 0 Å². The van der Waals surface area contributed by atoms with Gasteiger partial charge in [0.15, 0.2) is 29.1 Å². The number of aliphatic hydroxyl groups excluding tert-OH is 1. The van der Waals surface area contributed by atoms with Gasteiger partial charge in [-0.25, -0.2) is 17.6 Å². The van der Waals surface area contributed by atoms with Crippen LogP contribution >= 0.6 is 0 Å². The number of allylic oxidation sites excluding steroid dienone is 1. The van der Waals surface area contributed by atoms with Crippen molar-refractivity contribution >= 4 is 11.8 Å². The van der Waals surface area contributed by atoms with Gasteiger partial charge in [-0.05, 0) is 24.1 Å². The Hall–Kier alpha value is -3.50. The topological polar surface area (TPSA) is 83.8 Å².